The Morgan fingerprint density at radius 3 is 2.87 bits per heavy atom. The van der Waals surface area contributed by atoms with Gasteiger partial charge >= 0.3 is 0 Å². The Morgan fingerprint density at radius 1 is 1.20 bits per heavy atom. The van der Waals surface area contributed by atoms with Crippen molar-refractivity contribution >= 4 is 11.2 Å². The van der Waals surface area contributed by atoms with Gasteiger partial charge < -0.3 is 15.0 Å². The molecule has 3 aromatic heterocycles. The topological polar surface area (TPSA) is 78.5 Å². The first kappa shape index (κ1) is 18.9. The Labute approximate surface area is 176 Å². The van der Waals surface area contributed by atoms with Crippen LogP contribution in [0.5, 0.6) is 5.88 Å². The maximum absolute atomic E-state index is 9.36. The van der Waals surface area contributed by atoms with Crippen molar-refractivity contribution in [1.82, 2.24) is 19.9 Å². The van der Waals surface area contributed by atoms with Crippen molar-refractivity contribution in [2.45, 2.75) is 44.8 Å². The van der Waals surface area contributed by atoms with Gasteiger partial charge in [0.1, 0.15) is 17.9 Å². The zero-order valence-electron chi connectivity index (χ0n) is 17.2. The molecule has 2 aliphatic rings. The fourth-order valence-corrected chi connectivity index (χ4v) is 4.61. The average Bonchev–Trinajstić information content (AvgIpc) is 3.28. The molecular formula is C23H26N6O. The number of rotatable bonds is 4. The number of ether oxygens (including phenoxy) is 1. The number of nitrogens with one attached hydrogen (secondary N) is 1. The predicted octanol–water partition coefficient (Wildman–Crippen LogP) is 3.25. The van der Waals surface area contributed by atoms with Gasteiger partial charge in [0.05, 0.1) is 23.1 Å². The van der Waals surface area contributed by atoms with Crippen molar-refractivity contribution in [3.63, 3.8) is 0 Å². The van der Waals surface area contributed by atoms with Crippen LogP contribution in [0, 0.1) is 11.3 Å². The molecule has 1 fully saturated rings. The summed E-state index contributed by atoms with van der Waals surface area (Å²) in [4.78, 5) is 7.32. The molecule has 1 saturated heterocycles. The van der Waals surface area contributed by atoms with E-state index in [0.717, 1.165) is 62.5 Å². The first-order valence-electron chi connectivity index (χ1n) is 10.8. The first-order valence-corrected chi connectivity index (χ1v) is 10.8. The zero-order valence-corrected chi connectivity index (χ0v) is 17.2. The molecule has 5 rings (SSSR count). The summed E-state index contributed by atoms with van der Waals surface area (Å²) >= 11 is 0. The fourth-order valence-electron chi connectivity index (χ4n) is 4.61. The number of anilines is 1. The lowest BCUT2D eigenvalue weighted by Gasteiger charge is -2.35. The van der Waals surface area contributed by atoms with Crippen molar-refractivity contribution in [1.29, 1.82) is 5.26 Å². The van der Waals surface area contributed by atoms with Crippen LogP contribution in [0.1, 0.15) is 49.1 Å². The minimum Gasteiger partial charge on any atom is -0.474 e. The Hall–Kier alpha value is -3.11. The lowest BCUT2D eigenvalue weighted by Crippen LogP contribution is -2.35. The number of pyridine rings is 2. The van der Waals surface area contributed by atoms with E-state index in [4.69, 9.17) is 9.72 Å². The second-order valence-electron chi connectivity index (χ2n) is 8.09. The summed E-state index contributed by atoms with van der Waals surface area (Å²) in [5, 5.41) is 17.1. The van der Waals surface area contributed by atoms with Gasteiger partial charge in [0.15, 0.2) is 0 Å². The lowest BCUT2D eigenvalue weighted by atomic mass is 9.92. The third-order valence-corrected chi connectivity index (χ3v) is 6.23. The smallest absolute Gasteiger partial charge is 0.213 e. The van der Waals surface area contributed by atoms with Gasteiger partial charge in [0.25, 0.3) is 0 Å². The summed E-state index contributed by atoms with van der Waals surface area (Å²) in [7, 11) is 0. The minimum atomic E-state index is 0.255. The molecular weight excluding hydrogens is 376 g/mol. The van der Waals surface area contributed by atoms with E-state index < -0.39 is 0 Å². The number of piperidine rings is 1. The van der Waals surface area contributed by atoms with E-state index in [0.29, 0.717) is 11.6 Å². The lowest BCUT2D eigenvalue weighted by molar-refractivity contribution is 0.155. The van der Waals surface area contributed by atoms with E-state index in [9.17, 15) is 5.26 Å². The van der Waals surface area contributed by atoms with Crippen LogP contribution in [0.3, 0.4) is 0 Å². The second kappa shape index (κ2) is 7.96. The highest BCUT2D eigenvalue weighted by Crippen LogP contribution is 2.35. The van der Waals surface area contributed by atoms with Crippen molar-refractivity contribution < 1.29 is 4.74 Å². The van der Waals surface area contributed by atoms with Gasteiger partial charge in [-0.3, -0.25) is 0 Å². The normalized spacial score (nSPS) is 19.5. The molecule has 7 heteroatoms. The molecule has 2 aliphatic heterocycles. The summed E-state index contributed by atoms with van der Waals surface area (Å²) in [5.41, 5.74) is 5.02. The Bertz CT molecular complexity index is 1090. The van der Waals surface area contributed by atoms with E-state index >= 15 is 0 Å². The molecule has 0 amide bonds. The van der Waals surface area contributed by atoms with E-state index in [1.807, 2.05) is 24.3 Å². The summed E-state index contributed by atoms with van der Waals surface area (Å²) in [6.45, 7) is 5.91. The molecule has 0 aliphatic carbocycles. The van der Waals surface area contributed by atoms with Crippen molar-refractivity contribution in [3.05, 3.63) is 53.5 Å². The highest BCUT2D eigenvalue weighted by Gasteiger charge is 2.28. The van der Waals surface area contributed by atoms with E-state index in [1.54, 1.807) is 10.7 Å². The van der Waals surface area contributed by atoms with Crippen molar-refractivity contribution in [2.24, 2.45) is 0 Å². The van der Waals surface area contributed by atoms with Gasteiger partial charge in [-0.2, -0.15) is 10.4 Å². The van der Waals surface area contributed by atoms with Gasteiger partial charge in [0.2, 0.25) is 5.88 Å². The third kappa shape index (κ3) is 3.37. The fraction of sp³-hybridized carbons (Fsp3) is 0.435. The number of nitrogens with zero attached hydrogens (tertiary/aromatic N) is 5. The summed E-state index contributed by atoms with van der Waals surface area (Å²) in [5.74, 6) is 1.09. The standard InChI is InChI=1S/C23H26N6O/c1-2-16-14-28(20-5-4-18(13-24)29-21(20)9-12-26-29)15-17-3-6-22(27-23(16)17)30-19-7-10-25-11-8-19/h3-6,9,12,16,19,25H,2,7-8,10-11,14-15H2,1H3/t16-/m1/s1. The second-order valence-corrected chi connectivity index (χ2v) is 8.09. The molecule has 0 bridgehead atoms. The Morgan fingerprint density at radius 2 is 2.07 bits per heavy atom. The summed E-state index contributed by atoms with van der Waals surface area (Å²) in [6, 6.07) is 12.3. The SMILES string of the molecule is CC[C@@H]1CN(c2ccc(C#N)n3nccc23)Cc2ccc(OC3CCNCC3)nc21. The number of fused-ring (bicyclic) bond motifs is 2. The summed E-state index contributed by atoms with van der Waals surface area (Å²) in [6.07, 6.45) is 5.08. The van der Waals surface area contributed by atoms with Crippen molar-refractivity contribution in [3.8, 4) is 11.9 Å². The van der Waals surface area contributed by atoms with Crippen LogP contribution in [0.15, 0.2) is 36.5 Å². The minimum absolute atomic E-state index is 0.255. The van der Waals surface area contributed by atoms with Crippen LogP contribution in [0.25, 0.3) is 5.52 Å². The molecule has 0 unspecified atom stereocenters. The largest absolute Gasteiger partial charge is 0.474 e. The molecule has 154 valence electrons. The van der Waals surface area contributed by atoms with Gasteiger partial charge in [0, 0.05) is 25.1 Å². The number of nitriles is 1. The molecule has 0 spiro atoms. The average molecular weight is 403 g/mol. The van der Waals surface area contributed by atoms with Crippen LogP contribution >= 0.6 is 0 Å². The van der Waals surface area contributed by atoms with Gasteiger partial charge in [-0.05, 0) is 56.1 Å². The van der Waals surface area contributed by atoms with E-state index in [1.165, 1.54) is 11.3 Å². The monoisotopic (exact) mass is 402 g/mol. The highest BCUT2D eigenvalue weighted by atomic mass is 16.5. The molecule has 0 aromatic carbocycles. The number of hydrogen-bond donors (Lipinski definition) is 1. The molecule has 5 heterocycles. The molecule has 1 atom stereocenters. The maximum atomic E-state index is 9.36. The third-order valence-electron chi connectivity index (χ3n) is 6.23. The molecule has 0 saturated carbocycles. The van der Waals surface area contributed by atoms with E-state index in [-0.39, 0.29) is 6.10 Å². The highest BCUT2D eigenvalue weighted by molar-refractivity contribution is 5.74. The van der Waals surface area contributed by atoms with Crippen molar-refractivity contribution in [2.75, 3.05) is 24.5 Å². The number of hydrogen-bond acceptors (Lipinski definition) is 6. The van der Waals surface area contributed by atoms with Crippen LogP contribution < -0.4 is 15.0 Å². The quantitative estimate of drug-likeness (QED) is 0.722. The molecule has 7 nitrogen and oxygen atoms in total. The van der Waals surface area contributed by atoms with Crippen LogP contribution in [0.2, 0.25) is 0 Å². The van der Waals surface area contributed by atoms with Crippen LogP contribution in [-0.2, 0) is 6.54 Å². The van der Waals surface area contributed by atoms with Gasteiger partial charge in [-0.25, -0.2) is 9.50 Å². The van der Waals surface area contributed by atoms with E-state index in [2.05, 4.69) is 34.4 Å². The predicted molar refractivity (Wildman–Crippen MR) is 115 cm³/mol. The maximum Gasteiger partial charge on any atom is 0.213 e. The Balaban J connectivity index is 1.44. The molecule has 0 radical (unpaired) electrons. The number of aromatic nitrogens is 3. The van der Waals surface area contributed by atoms with Crippen LogP contribution in [0.4, 0.5) is 5.69 Å². The molecule has 30 heavy (non-hydrogen) atoms. The molecule has 3 aromatic rings. The van der Waals surface area contributed by atoms with Crippen LogP contribution in [-0.4, -0.2) is 40.3 Å². The zero-order chi connectivity index (χ0) is 20.5. The molecule has 1 N–H and O–H groups in total. The Kier molecular flexibility index (Phi) is 5.01. The first-order chi connectivity index (χ1) is 14.8. The van der Waals surface area contributed by atoms with Gasteiger partial charge in [-0.15, -0.1) is 0 Å². The van der Waals surface area contributed by atoms with Gasteiger partial charge in [-0.1, -0.05) is 13.0 Å². The summed E-state index contributed by atoms with van der Waals surface area (Å²) < 4.78 is 7.91.